The summed E-state index contributed by atoms with van der Waals surface area (Å²) < 4.78 is 35.5. The predicted molar refractivity (Wildman–Crippen MR) is 223 cm³/mol. The van der Waals surface area contributed by atoms with E-state index in [4.69, 9.17) is 28.4 Å². The third kappa shape index (κ3) is 58.1. The summed E-state index contributed by atoms with van der Waals surface area (Å²) in [4.78, 5) is 0. The molecule has 3 aliphatic rings. The summed E-state index contributed by atoms with van der Waals surface area (Å²) in [7, 11) is 0. The minimum atomic E-state index is 0.000000000000000222. The fourth-order valence-corrected chi connectivity index (χ4v) is 4.13. The summed E-state index contributed by atoms with van der Waals surface area (Å²) in [5.41, 5.74) is 55.4. The van der Waals surface area contributed by atoms with Crippen LogP contribution in [0.25, 0.3) is 0 Å². The van der Waals surface area contributed by atoms with Gasteiger partial charge in [0, 0.05) is 0 Å². The molecule has 0 radical (unpaired) electrons. The number of thiocarbonyl (C=S) groups is 6. The zero-order valence-electron chi connectivity index (χ0n) is 28.5. The topological polar surface area (TPSA) is 368 Å². The van der Waals surface area contributed by atoms with Gasteiger partial charge in [-0.05, 0) is 99.0 Å². The molecule has 24 N–H and O–H groups in total. The fourth-order valence-electron chi connectivity index (χ4n) is 4.13. The molecule has 0 bridgehead atoms. The molecule has 4 unspecified atom stereocenters. The van der Waals surface area contributed by atoms with E-state index in [1.165, 1.54) is 25.7 Å². The number of hydrogen-bond donors (Lipinski definition) is 12. The Balaban J connectivity index is -0.000000358. The molecule has 0 aromatic carbocycles. The molecule has 0 amide bonds. The SMILES string of the molecule is C1CCC2OCCOCCOC3CCCCC3OCCOCCOC2C1.NC(N)=S.NC(N)=S.NC(N)=S.NC(N)=S.NC(N)=S.NC(N)=S. The molecular formula is C26H60N12O6S6. The maximum Gasteiger partial charge on any atom is 0.160 e. The van der Waals surface area contributed by atoms with Gasteiger partial charge in [0.05, 0.1) is 77.3 Å². The van der Waals surface area contributed by atoms with E-state index >= 15 is 0 Å². The average molecular weight is 829 g/mol. The Morgan fingerprint density at radius 3 is 0.580 bits per heavy atom. The van der Waals surface area contributed by atoms with Crippen LogP contribution in [0.5, 0.6) is 0 Å². The Morgan fingerprint density at radius 2 is 0.440 bits per heavy atom. The minimum Gasteiger partial charge on any atom is -0.377 e. The summed E-state index contributed by atoms with van der Waals surface area (Å²) in [5.74, 6) is 0. The van der Waals surface area contributed by atoms with Crippen LogP contribution in [0, 0.1) is 0 Å². The standard InChI is InChI=1S/C20H36O6.6CH4N2S/c1-2-6-18-17(5-1)23-13-9-21-11-15-25-19-7-3-4-8-20(19)26-16-12-22-10-14-24-18;6*2-1(3)4/h17-20H,1-16H2;6*(H4,2,3,4). The molecule has 0 aromatic rings. The highest BCUT2D eigenvalue weighted by atomic mass is 32.1. The smallest absolute Gasteiger partial charge is 0.160 e. The monoisotopic (exact) mass is 828 g/mol. The summed E-state index contributed by atoms with van der Waals surface area (Å²) >= 11 is 24.6. The molecule has 296 valence electrons. The van der Waals surface area contributed by atoms with Crippen LogP contribution in [-0.2, 0) is 28.4 Å². The summed E-state index contributed by atoms with van der Waals surface area (Å²) in [6, 6.07) is 0. The first-order valence-electron chi connectivity index (χ1n) is 15.2. The van der Waals surface area contributed by atoms with Crippen molar-refractivity contribution < 1.29 is 28.4 Å². The molecule has 2 aliphatic carbocycles. The Morgan fingerprint density at radius 1 is 0.300 bits per heavy atom. The number of ether oxygens (including phenoxy) is 6. The first-order valence-corrected chi connectivity index (χ1v) is 17.7. The third-order valence-electron chi connectivity index (χ3n) is 5.52. The Kier molecular flexibility index (Phi) is 43.4. The summed E-state index contributed by atoms with van der Waals surface area (Å²) in [6.07, 6.45) is 9.93. The van der Waals surface area contributed by atoms with Crippen molar-refractivity contribution in [2.45, 2.75) is 75.8 Å². The van der Waals surface area contributed by atoms with Crippen LogP contribution in [0.1, 0.15) is 51.4 Å². The molecule has 1 heterocycles. The molecule has 24 heteroatoms. The van der Waals surface area contributed by atoms with Crippen molar-refractivity contribution in [2.24, 2.45) is 68.8 Å². The van der Waals surface area contributed by atoms with E-state index in [9.17, 15) is 0 Å². The van der Waals surface area contributed by atoms with Gasteiger partial charge >= 0.3 is 0 Å². The second-order valence-electron chi connectivity index (χ2n) is 9.84. The molecule has 0 aromatic heterocycles. The second kappa shape index (κ2) is 39.7. The predicted octanol–water partition coefficient (Wildman–Crippen LogP) is -2.15. The lowest BCUT2D eigenvalue weighted by Crippen LogP contribution is -2.37. The zero-order chi connectivity index (χ0) is 39.3. The highest BCUT2D eigenvalue weighted by Crippen LogP contribution is 2.25. The van der Waals surface area contributed by atoms with Gasteiger partial charge in [-0.3, -0.25) is 0 Å². The van der Waals surface area contributed by atoms with E-state index in [2.05, 4.69) is 142 Å². The van der Waals surface area contributed by atoms with E-state index < -0.39 is 0 Å². The van der Waals surface area contributed by atoms with E-state index in [0.717, 1.165) is 25.7 Å². The number of nitrogens with two attached hydrogens (primary N) is 12. The van der Waals surface area contributed by atoms with Crippen molar-refractivity contribution in [1.82, 2.24) is 0 Å². The van der Waals surface area contributed by atoms with Crippen molar-refractivity contribution in [3.63, 3.8) is 0 Å². The average Bonchev–Trinajstić information content (AvgIpc) is 2.95. The van der Waals surface area contributed by atoms with Gasteiger partial charge in [-0.15, -0.1) is 0 Å². The molecule has 3 fully saturated rings. The van der Waals surface area contributed by atoms with Gasteiger partial charge in [-0.1, -0.05) is 25.7 Å². The van der Waals surface area contributed by atoms with Gasteiger partial charge in [-0.2, -0.15) is 0 Å². The second-order valence-corrected chi connectivity index (χ2v) is 12.7. The Labute approximate surface area is 328 Å². The van der Waals surface area contributed by atoms with Gasteiger partial charge in [0.1, 0.15) is 0 Å². The fraction of sp³-hybridized carbons (Fsp3) is 0.769. The maximum atomic E-state index is 6.03. The molecular weight excluding hydrogens is 769 g/mol. The van der Waals surface area contributed by atoms with Crippen molar-refractivity contribution in [3.8, 4) is 0 Å². The molecule has 1 saturated heterocycles. The quantitative estimate of drug-likeness (QED) is 0.116. The Hall–Kier alpha value is -2.10. The van der Waals surface area contributed by atoms with Crippen LogP contribution < -0.4 is 68.8 Å². The van der Waals surface area contributed by atoms with Crippen molar-refractivity contribution >= 4 is 104 Å². The number of rotatable bonds is 0. The highest BCUT2D eigenvalue weighted by molar-refractivity contribution is 7.81. The molecule has 3 rings (SSSR count). The highest BCUT2D eigenvalue weighted by Gasteiger charge is 2.27. The van der Waals surface area contributed by atoms with Crippen molar-refractivity contribution in [2.75, 3.05) is 52.9 Å². The first kappa shape index (κ1) is 54.7. The lowest BCUT2D eigenvalue weighted by molar-refractivity contribution is -0.129. The van der Waals surface area contributed by atoms with Gasteiger partial charge in [-0.25, -0.2) is 0 Å². The van der Waals surface area contributed by atoms with Crippen LogP contribution in [0.15, 0.2) is 0 Å². The van der Waals surface area contributed by atoms with Crippen LogP contribution in [-0.4, -0.2) is 108 Å². The van der Waals surface area contributed by atoms with Gasteiger partial charge in [0.25, 0.3) is 0 Å². The molecule has 0 spiro atoms. The first-order chi connectivity index (χ1) is 23.3. The maximum absolute atomic E-state index is 6.03. The van der Waals surface area contributed by atoms with Gasteiger partial charge in [0.2, 0.25) is 0 Å². The minimum absolute atomic E-state index is 0.000000000000000222. The molecule has 50 heavy (non-hydrogen) atoms. The van der Waals surface area contributed by atoms with Crippen molar-refractivity contribution in [3.05, 3.63) is 0 Å². The van der Waals surface area contributed by atoms with Crippen LogP contribution in [0.3, 0.4) is 0 Å². The molecule has 2 saturated carbocycles. The van der Waals surface area contributed by atoms with E-state index in [1.807, 2.05) is 0 Å². The molecule has 1 aliphatic heterocycles. The molecule has 4 atom stereocenters. The van der Waals surface area contributed by atoms with E-state index in [-0.39, 0.29) is 55.1 Å². The lowest BCUT2D eigenvalue weighted by atomic mass is 9.94. The van der Waals surface area contributed by atoms with Gasteiger partial charge in [0.15, 0.2) is 30.7 Å². The Bertz CT molecular complexity index is 737. The van der Waals surface area contributed by atoms with Crippen LogP contribution >= 0.6 is 73.3 Å². The molecule has 18 nitrogen and oxygen atoms in total. The van der Waals surface area contributed by atoms with Crippen LogP contribution in [0.2, 0.25) is 0 Å². The third-order valence-corrected chi connectivity index (χ3v) is 5.52. The summed E-state index contributed by atoms with van der Waals surface area (Å²) in [5, 5.41) is 0.00000000000000133. The van der Waals surface area contributed by atoms with E-state index in [0.29, 0.717) is 52.9 Å². The van der Waals surface area contributed by atoms with Gasteiger partial charge < -0.3 is 97.2 Å². The largest absolute Gasteiger partial charge is 0.377 e. The lowest BCUT2D eigenvalue weighted by Gasteiger charge is -2.32. The number of hydrogen-bond acceptors (Lipinski definition) is 12. The zero-order valence-corrected chi connectivity index (χ0v) is 33.3. The normalized spacial score (nSPS) is 22.1. The number of fused-ring (bicyclic) bond motifs is 2. The summed E-state index contributed by atoms with van der Waals surface area (Å²) in [6.45, 7) is 4.93. The van der Waals surface area contributed by atoms with Crippen molar-refractivity contribution in [1.29, 1.82) is 0 Å². The van der Waals surface area contributed by atoms with Crippen LogP contribution in [0.4, 0.5) is 0 Å². The van der Waals surface area contributed by atoms with E-state index in [1.54, 1.807) is 0 Å².